The van der Waals surface area contributed by atoms with Gasteiger partial charge >= 0.3 is 0 Å². The minimum absolute atomic E-state index is 0.0770. The maximum atomic E-state index is 13.8. The van der Waals surface area contributed by atoms with Crippen molar-refractivity contribution in [2.24, 2.45) is 0 Å². The van der Waals surface area contributed by atoms with E-state index < -0.39 is 17.9 Å². The van der Waals surface area contributed by atoms with Gasteiger partial charge in [0.1, 0.15) is 6.04 Å². The molecule has 0 aliphatic heterocycles. The Bertz CT molecular complexity index is 1140. The van der Waals surface area contributed by atoms with Crippen molar-refractivity contribution in [2.45, 2.75) is 57.5 Å². The van der Waals surface area contributed by atoms with Crippen LogP contribution in [0.25, 0.3) is 0 Å². The topological polar surface area (TPSA) is 105 Å². The Hall–Kier alpha value is -3.94. The van der Waals surface area contributed by atoms with Crippen LogP contribution in [-0.2, 0) is 16.0 Å². The fraction of sp³-hybridized carbons (Fsp3) is 0.357. The van der Waals surface area contributed by atoms with E-state index in [2.05, 4.69) is 22.5 Å². The monoisotopic (exact) mass is 488 g/mol. The number of furan rings is 1. The van der Waals surface area contributed by atoms with Gasteiger partial charge in [-0.15, -0.1) is 0 Å². The number of carbonyl (C=O) groups is 3. The van der Waals surface area contributed by atoms with Crippen molar-refractivity contribution >= 4 is 23.4 Å². The van der Waals surface area contributed by atoms with Gasteiger partial charge in [-0.25, -0.2) is 0 Å². The highest BCUT2D eigenvalue weighted by atomic mass is 16.3. The quantitative estimate of drug-likeness (QED) is 0.470. The molecule has 1 aliphatic rings. The molecule has 3 amide bonds. The number of anilines is 1. The number of pyridine rings is 1. The lowest BCUT2D eigenvalue weighted by Crippen LogP contribution is -2.49. The summed E-state index contributed by atoms with van der Waals surface area (Å²) >= 11 is 0. The Morgan fingerprint density at radius 2 is 1.83 bits per heavy atom. The van der Waals surface area contributed by atoms with Crippen LogP contribution in [0, 0.1) is 0 Å². The van der Waals surface area contributed by atoms with Crippen molar-refractivity contribution in [3.63, 3.8) is 0 Å². The number of nitrogens with zero attached hydrogens (tertiary/aromatic N) is 2. The molecule has 188 valence electrons. The number of aryl methyl sites for hydroxylation is 1. The number of amides is 3. The fourth-order valence-electron chi connectivity index (χ4n) is 4.55. The summed E-state index contributed by atoms with van der Waals surface area (Å²) in [5.74, 6) is -1.08. The smallest absolute Gasteiger partial charge is 0.287 e. The van der Waals surface area contributed by atoms with Gasteiger partial charge in [0.25, 0.3) is 5.91 Å². The molecule has 2 N–H and O–H groups in total. The van der Waals surface area contributed by atoms with Gasteiger partial charge in [0.2, 0.25) is 11.8 Å². The molecule has 0 radical (unpaired) electrons. The zero-order valence-electron chi connectivity index (χ0n) is 20.5. The van der Waals surface area contributed by atoms with Crippen molar-refractivity contribution in [2.75, 3.05) is 11.4 Å². The number of benzene rings is 1. The maximum Gasteiger partial charge on any atom is 0.287 e. The first kappa shape index (κ1) is 25.2. The van der Waals surface area contributed by atoms with E-state index in [1.807, 2.05) is 24.3 Å². The average Bonchev–Trinajstić information content (AvgIpc) is 3.46. The minimum Gasteiger partial charge on any atom is -0.459 e. The van der Waals surface area contributed by atoms with Gasteiger partial charge in [-0.2, -0.15) is 0 Å². The van der Waals surface area contributed by atoms with Crippen LogP contribution in [0.5, 0.6) is 0 Å². The molecule has 1 fully saturated rings. The first-order valence-electron chi connectivity index (χ1n) is 12.5. The van der Waals surface area contributed by atoms with Gasteiger partial charge in [-0.3, -0.25) is 24.3 Å². The Kier molecular flexibility index (Phi) is 8.49. The van der Waals surface area contributed by atoms with E-state index in [-0.39, 0.29) is 24.3 Å². The minimum atomic E-state index is -0.921. The highest BCUT2D eigenvalue weighted by Gasteiger charge is 2.34. The summed E-state index contributed by atoms with van der Waals surface area (Å²) < 4.78 is 5.12. The zero-order chi connectivity index (χ0) is 25.3. The van der Waals surface area contributed by atoms with E-state index in [0.717, 1.165) is 37.7 Å². The summed E-state index contributed by atoms with van der Waals surface area (Å²) in [5.41, 5.74) is 2.29. The van der Waals surface area contributed by atoms with E-state index in [1.54, 1.807) is 30.6 Å². The van der Waals surface area contributed by atoms with Crippen LogP contribution in [0.2, 0.25) is 0 Å². The van der Waals surface area contributed by atoms with Gasteiger partial charge in [-0.05, 0) is 54.7 Å². The summed E-state index contributed by atoms with van der Waals surface area (Å²) in [4.78, 5) is 45.4. The van der Waals surface area contributed by atoms with Crippen molar-refractivity contribution in [3.05, 3.63) is 84.1 Å². The molecular weight excluding hydrogens is 456 g/mol. The van der Waals surface area contributed by atoms with Gasteiger partial charge in [-0.1, -0.05) is 50.5 Å². The van der Waals surface area contributed by atoms with Crippen LogP contribution >= 0.6 is 0 Å². The summed E-state index contributed by atoms with van der Waals surface area (Å²) in [7, 11) is 0. The summed E-state index contributed by atoms with van der Waals surface area (Å²) in [6.45, 7) is 1.75. The normalized spacial score (nSPS) is 14.6. The Labute approximate surface area is 211 Å². The van der Waals surface area contributed by atoms with Crippen LogP contribution in [0.1, 0.15) is 66.8 Å². The van der Waals surface area contributed by atoms with Crippen LogP contribution < -0.4 is 15.5 Å². The third-order valence-electron chi connectivity index (χ3n) is 6.50. The van der Waals surface area contributed by atoms with Gasteiger partial charge in [0, 0.05) is 12.2 Å². The zero-order valence-corrected chi connectivity index (χ0v) is 20.5. The average molecular weight is 489 g/mol. The molecule has 2 aromatic heterocycles. The predicted octanol–water partition coefficient (Wildman–Crippen LogP) is 4.19. The SMILES string of the molecule is CCc1ccc([C@H](C(=O)NC2CCCCC2)N(C(=O)CNC(=O)c2ccco2)c2cccnc2)cc1. The molecule has 1 aliphatic carbocycles. The van der Waals surface area contributed by atoms with Gasteiger partial charge in [0.15, 0.2) is 5.76 Å². The third kappa shape index (κ3) is 6.19. The molecule has 0 spiro atoms. The molecule has 8 heteroatoms. The first-order chi connectivity index (χ1) is 17.6. The van der Waals surface area contributed by atoms with E-state index in [0.29, 0.717) is 11.3 Å². The molecule has 1 aromatic carbocycles. The molecule has 1 atom stereocenters. The second-order valence-corrected chi connectivity index (χ2v) is 8.98. The molecule has 4 rings (SSSR count). The summed E-state index contributed by atoms with van der Waals surface area (Å²) in [6, 6.07) is 13.5. The molecule has 1 saturated carbocycles. The van der Waals surface area contributed by atoms with Crippen molar-refractivity contribution in [1.82, 2.24) is 15.6 Å². The highest BCUT2D eigenvalue weighted by molar-refractivity contribution is 6.04. The van der Waals surface area contributed by atoms with Gasteiger partial charge in [0.05, 0.1) is 24.7 Å². The number of nitrogens with one attached hydrogen (secondary N) is 2. The number of carbonyl (C=O) groups excluding carboxylic acids is 3. The van der Waals surface area contributed by atoms with E-state index in [9.17, 15) is 14.4 Å². The molecule has 3 aromatic rings. The second kappa shape index (κ2) is 12.2. The van der Waals surface area contributed by atoms with Crippen LogP contribution in [0.3, 0.4) is 0 Å². The number of rotatable bonds is 9. The lowest BCUT2D eigenvalue weighted by atomic mass is 9.94. The molecule has 8 nitrogen and oxygen atoms in total. The van der Waals surface area contributed by atoms with Crippen LogP contribution in [-0.4, -0.2) is 35.3 Å². The van der Waals surface area contributed by atoms with Crippen molar-refractivity contribution < 1.29 is 18.8 Å². The number of hydrogen-bond donors (Lipinski definition) is 2. The Balaban J connectivity index is 1.65. The molecule has 0 saturated heterocycles. The highest BCUT2D eigenvalue weighted by Crippen LogP contribution is 2.29. The van der Waals surface area contributed by atoms with Gasteiger partial charge < -0.3 is 15.1 Å². The lowest BCUT2D eigenvalue weighted by Gasteiger charge is -2.33. The van der Waals surface area contributed by atoms with E-state index in [1.165, 1.54) is 23.7 Å². The first-order valence-corrected chi connectivity index (χ1v) is 12.5. The predicted molar refractivity (Wildman–Crippen MR) is 136 cm³/mol. The molecule has 0 unspecified atom stereocenters. The fourth-order valence-corrected chi connectivity index (χ4v) is 4.55. The standard InChI is InChI=1S/C28H32N4O4/c1-2-20-12-14-21(15-13-20)26(28(35)31-22-8-4-3-5-9-22)32(23-10-6-16-29-18-23)25(33)19-30-27(34)24-11-7-17-36-24/h6-7,10-18,22,26H,2-5,8-9,19H2,1H3,(H,30,34)(H,31,35)/t26-/m1/s1. The Morgan fingerprint density at radius 1 is 1.06 bits per heavy atom. The maximum absolute atomic E-state index is 13.8. The van der Waals surface area contributed by atoms with E-state index in [4.69, 9.17) is 4.42 Å². The van der Waals surface area contributed by atoms with Crippen LogP contribution in [0.15, 0.2) is 71.6 Å². The molecule has 36 heavy (non-hydrogen) atoms. The molecule has 0 bridgehead atoms. The van der Waals surface area contributed by atoms with Crippen LogP contribution in [0.4, 0.5) is 5.69 Å². The molecular formula is C28H32N4O4. The van der Waals surface area contributed by atoms with Crippen molar-refractivity contribution in [3.8, 4) is 0 Å². The number of hydrogen-bond acceptors (Lipinski definition) is 5. The largest absolute Gasteiger partial charge is 0.459 e. The van der Waals surface area contributed by atoms with Crippen molar-refractivity contribution in [1.29, 1.82) is 0 Å². The summed E-state index contributed by atoms with van der Waals surface area (Å²) in [5, 5.41) is 5.79. The van der Waals surface area contributed by atoms with E-state index >= 15 is 0 Å². The molecule has 2 heterocycles. The summed E-state index contributed by atoms with van der Waals surface area (Å²) in [6.07, 6.45) is 10.6. The number of aromatic nitrogens is 1. The Morgan fingerprint density at radius 3 is 2.47 bits per heavy atom. The lowest BCUT2D eigenvalue weighted by molar-refractivity contribution is -0.127. The third-order valence-corrected chi connectivity index (χ3v) is 6.50. The second-order valence-electron chi connectivity index (χ2n) is 8.98.